The summed E-state index contributed by atoms with van der Waals surface area (Å²) < 4.78 is 0. The zero-order chi connectivity index (χ0) is 15.1. The van der Waals surface area contributed by atoms with Crippen LogP contribution in [0.1, 0.15) is 37.1 Å². The molecule has 1 aromatic carbocycles. The molecule has 1 N–H and O–H groups in total. The number of nitrogens with zero attached hydrogens (tertiary/aromatic N) is 1. The number of amides is 1. The summed E-state index contributed by atoms with van der Waals surface area (Å²) in [6.07, 6.45) is 3.43. The SMILES string of the molecule is CCCCNCCCN1C(=O)CSC1c1ccc(Cl)cc1. The molecule has 1 amide bonds. The molecule has 0 radical (unpaired) electrons. The molecule has 0 aromatic heterocycles. The Morgan fingerprint density at radius 3 is 2.71 bits per heavy atom. The summed E-state index contributed by atoms with van der Waals surface area (Å²) in [6, 6.07) is 7.83. The Bertz CT molecular complexity index is 452. The maximum Gasteiger partial charge on any atom is 0.233 e. The summed E-state index contributed by atoms with van der Waals surface area (Å²) in [5.74, 6) is 0.824. The molecule has 1 aliphatic rings. The van der Waals surface area contributed by atoms with Crippen molar-refractivity contribution in [2.24, 2.45) is 0 Å². The molecule has 0 bridgehead atoms. The largest absolute Gasteiger partial charge is 0.326 e. The lowest BCUT2D eigenvalue weighted by atomic mass is 10.2. The number of nitrogens with one attached hydrogen (secondary N) is 1. The predicted molar refractivity (Wildman–Crippen MR) is 90.8 cm³/mol. The van der Waals surface area contributed by atoms with Crippen molar-refractivity contribution in [3.05, 3.63) is 34.9 Å². The van der Waals surface area contributed by atoms with Crippen LogP contribution in [-0.4, -0.2) is 36.2 Å². The van der Waals surface area contributed by atoms with E-state index in [1.807, 2.05) is 29.2 Å². The number of carbonyl (C=O) groups excluding carboxylic acids is 1. The van der Waals surface area contributed by atoms with Crippen LogP contribution in [0.5, 0.6) is 0 Å². The fourth-order valence-corrected chi connectivity index (χ4v) is 3.75. The van der Waals surface area contributed by atoms with E-state index in [-0.39, 0.29) is 11.3 Å². The lowest BCUT2D eigenvalue weighted by molar-refractivity contribution is -0.128. The Kier molecular flexibility index (Phi) is 6.87. The van der Waals surface area contributed by atoms with E-state index in [4.69, 9.17) is 11.6 Å². The summed E-state index contributed by atoms with van der Waals surface area (Å²) in [7, 11) is 0. The lowest BCUT2D eigenvalue weighted by Crippen LogP contribution is -2.31. The zero-order valence-electron chi connectivity index (χ0n) is 12.5. The minimum absolute atomic E-state index is 0.144. The van der Waals surface area contributed by atoms with Gasteiger partial charge in [0.05, 0.1) is 5.75 Å². The van der Waals surface area contributed by atoms with Gasteiger partial charge in [-0.25, -0.2) is 0 Å². The van der Waals surface area contributed by atoms with Crippen LogP contribution in [0, 0.1) is 0 Å². The first kappa shape index (κ1) is 16.7. The zero-order valence-corrected chi connectivity index (χ0v) is 14.1. The smallest absolute Gasteiger partial charge is 0.233 e. The molecule has 1 fully saturated rings. The molecule has 21 heavy (non-hydrogen) atoms. The summed E-state index contributed by atoms with van der Waals surface area (Å²) in [4.78, 5) is 14.0. The fourth-order valence-electron chi connectivity index (χ4n) is 2.40. The molecule has 2 rings (SSSR count). The third-order valence-electron chi connectivity index (χ3n) is 3.58. The second-order valence-corrected chi connectivity index (χ2v) is 6.76. The van der Waals surface area contributed by atoms with E-state index in [1.54, 1.807) is 11.8 Å². The maximum absolute atomic E-state index is 12.0. The van der Waals surface area contributed by atoms with E-state index in [1.165, 1.54) is 12.8 Å². The number of hydrogen-bond acceptors (Lipinski definition) is 3. The average molecular weight is 327 g/mol. The number of unbranched alkanes of at least 4 members (excludes halogenated alkanes) is 1. The van der Waals surface area contributed by atoms with Crippen molar-refractivity contribution < 1.29 is 4.79 Å². The third kappa shape index (κ3) is 4.90. The lowest BCUT2D eigenvalue weighted by Gasteiger charge is -2.24. The molecule has 1 aliphatic heterocycles. The topological polar surface area (TPSA) is 32.3 Å². The van der Waals surface area contributed by atoms with Crippen molar-refractivity contribution in [3.8, 4) is 0 Å². The molecule has 3 nitrogen and oxygen atoms in total. The van der Waals surface area contributed by atoms with Gasteiger partial charge in [0.25, 0.3) is 0 Å². The van der Waals surface area contributed by atoms with E-state index in [9.17, 15) is 4.79 Å². The average Bonchev–Trinajstić information content (AvgIpc) is 2.85. The van der Waals surface area contributed by atoms with Crippen LogP contribution in [0.15, 0.2) is 24.3 Å². The predicted octanol–water partition coefficient (Wildman–Crippen LogP) is 3.69. The van der Waals surface area contributed by atoms with Crippen molar-refractivity contribution in [3.63, 3.8) is 0 Å². The minimum Gasteiger partial charge on any atom is -0.326 e. The monoisotopic (exact) mass is 326 g/mol. The van der Waals surface area contributed by atoms with Crippen LogP contribution < -0.4 is 5.32 Å². The van der Waals surface area contributed by atoms with E-state index >= 15 is 0 Å². The van der Waals surface area contributed by atoms with Crippen molar-refractivity contribution >= 4 is 29.3 Å². The minimum atomic E-state index is 0.144. The molecule has 1 heterocycles. The van der Waals surface area contributed by atoms with Crippen molar-refractivity contribution in [2.45, 2.75) is 31.6 Å². The van der Waals surface area contributed by atoms with Crippen LogP contribution in [-0.2, 0) is 4.79 Å². The van der Waals surface area contributed by atoms with Crippen LogP contribution in [0.2, 0.25) is 5.02 Å². The number of hydrogen-bond donors (Lipinski definition) is 1. The number of carbonyl (C=O) groups is 1. The summed E-state index contributed by atoms with van der Waals surface area (Å²) >= 11 is 7.63. The van der Waals surface area contributed by atoms with E-state index in [0.29, 0.717) is 5.75 Å². The van der Waals surface area contributed by atoms with Gasteiger partial charge in [-0.1, -0.05) is 37.1 Å². The van der Waals surface area contributed by atoms with Gasteiger partial charge in [-0.05, 0) is 43.6 Å². The van der Waals surface area contributed by atoms with Gasteiger partial charge in [0.15, 0.2) is 0 Å². The molecule has 5 heteroatoms. The molecule has 0 aliphatic carbocycles. The molecule has 0 spiro atoms. The highest BCUT2D eigenvalue weighted by Gasteiger charge is 2.32. The van der Waals surface area contributed by atoms with Gasteiger partial charge in [0, 0.05) is 11.6 Å². The van der Waals surface area contributed by atoms with E-state index in [2.05, 4.69) is 12.2 Å². The highest BCUT2D eigenvalue weighted by atomic mass is 35.5. The van der Waals surface area contributed by atoms with Crippen molar-refractivity contribution in [1.82, 2.24) is 10.2 Å². The number of thioether (sulfide) groups is 1. The van der Waals surface area contributed by atoms with Crippen molar-refractivity contribution in [2.75, 3.05) is 25.4 Å². The first-order valence-corrected chi connectivity index (χ1v) is 9.02. The van der Waals surface area contributed by atoms with Crippen LogP contribution in [0.25, 0.3) is 0 Å². The highest BCUT2D eigenvalue weighted by Crippen LogP contribution is 2.38. The standard InChI is InChI=1S/C16H23ClN2OS/c1-2-3-9-18-10-4-11-19-15(20)12-21-16(19)13-5-7-14(17)8-6-13/h5-8,16,18H,2-4,9-12H2,1H3. The van der Waals surface area contributed by atoms with Crippen LogP contribution in [0.3, 0.4) is 0 Å². The Morgan fingerprint density at radius 1 is 1.29 bits per heavy atom. The van der Waals surface area contributed by atoms with Gasteiger partial charge in [0.2, 0.25) is 5.91 Å². The van der Waals surface area contributed by atoms with Gasteiger partial charge in [-0.2, -0.15) is 0 Å². The molecule has 1 atom stereocenters. The van der Waals surface area contributed by atoms with Gasteiger partial charge in [0.1, 0.15) is 5.37 Å². The Balaban J connectivity index is 1.84. The highest BCUT2D eigenvalue weighted by molar-refractivity contribution is 8.00. The van der Waals surface area contributed by atoms with Gasteiger partial charge in [-0.3, -0.25) is 4.79 Å². The Labute approximate surface area is 136 Å². The van der Waals surface area contributed by atoms with Crippen LogP contribution in [0.4, 0.5) is 0 Å². The molecular formula is C16H23ClN2OS. The first-order valence-electron chi connectivity index (χ1n) is 7.59. The fraction of sp³-hybridized carbons (Fsp3) is 0.562. The quantitative estimate of drug-likeness (QED) is 0.739. The molecule has 0 saturated carbocycles. The second kappa shape index (κ2) is 8.66. The molecule has 1 aromatic rings. The Morgan fingerprint density at radius 2 is 2.00 bits per heavy atom. The number of rotatable bonds is 8. The van der Waals surface area contributed by atoms with E-state index < -0.39 is 0 Å². The summed E-state index contributed by atoms with van der Waals surface area (Å²) in [5.41, 5.74) is 1.16. The van der Waals surface area contributed by atoms with Crippen molar-refractivity contribution in [1.29, 1.82) is 0 Å². The third-order valence-corrected chi connectivity index (χ3v) is 5.09. The molecule has 116 valence electrons. The van der Waals surface area contributed by atoms with E-state index in [0.717, 1.165) is 36.6 Å². The summed E-state index contributed by atoms with van der Waals surface area (Å²) in [6.45, 7) is 5.05. The van der Waals surface area contributed by atoms with Gasteiger partial charge >= 0.3 is 0 Å². The first-order chi connectivity index (χ1) is 10.2. The second-order valence-electron chi connectivity index (χ2n) is 5.26. The number of halogens is 1. The van der Waals surface area contributed by atoms with Gasteiger partial charge in [-0.15, -0.1) is 11.8 Å². The normalized spacial score (nSPS) is 18.5. The molecule has 1 unspecified atom stereocenters. The maximum atomic E-state index is 12.0. The Hall–Kier alpha value is -0.710. The number of benzene rings is 1. The summed E-state index contributed by atoms with van der Waals surface area (Å²) in [5, 5.41) is 4.30. The van der Waals surface area contributed by atoms with Gasteiger partial charge < -0.3 is 10.2 Å². The van der Waals surface area contributed by atoms with Crippen LogP contribution >= 0.6 is 23.4 Å². The molecule has 1 saturated heterocycles. The molecular weight excluding hydrogens is 304 g/mol.